The van der Waals surface area contributed by atoms with E-state index in [-0.39, 0.29) is 19.4 Å². The lowest BCUT2D eigenvalue weighted by Crippen LogP contribution is -2.61. The van der Waals surface area contributed by atoms with Crippen LogP contribution in [0.15, 0.2) is 109 Å². The van der Waals surface area contributed by atoms with Gasteiger partial charge in [-0.3, -0.25) is 9.59 Å². The zero-order valence-corrected chi connectivity index (χ0v) is 50.7. The van der Waals surface area contributed by atoms with Crippen molar-refractivity contribution in [1.82, 2.24) is 5.32 Å². The number of aliphatic hydroxyl groups is 5. The number of hydrogen-bond donors (Lipinski definition) is 6. The predicted octanol–water partition coefficient (Wildman–Crippen LogP) is 15.7. The van der Waals surface area contributed by atoms with Crippen molar-refractivity contribution < 1.29 is 49.3 Å². The molecule has 0 aromatic heterocycles. The van der Waals surface area contributed by atoms with E-state index in [2.05, 4.69) is 123 Å². The highest BCUT2D eigenvalue weighted by Crippen LogP contribution is 2.26. The summed E-state index contributed by atoms with van der Waals surface area (Å²) < 4.78 is 17.6. The molecule has 0 spiro atoms. The summed E-state index contributed by atoms with van der Waals surface area (Å²) in [6.07, 6.45) is 65.5. The van der Waals surface area contributed by atoms with Crippen molar-refractivity contribution in [2.75, 3.05) is 13.2 Å². The molecule has 0 aromatic rings. The minimum Gasteiger partial charge on any atom is -0.454 e. The van der Waals surface area contributed by atoms with Crippen LogP contribution in [-0.4, -0.2) is 99.6 Å². The second-order valence-electron chi connectivity index (χ2n) is 21.8. The molecule has 1 heterocycles. The van der Waals surface area contributed by atoms with E-state index in [4.69, 9.17) is 14.2 Å². The maximum absolute atomic E-state index is 13.4. The van der Waals surface area contributed by atoms with Gasteiger partial charge in [-0.15, -0.1) is 0 Å². The van der Waals surface area contributed by atoms with E-state index in [9.17, 15) is 35.1 Å². The molecule has 1 fully saturated rings. The summed E-state index contributed by atoms with van der Waals surface area (Å²) in [7, 11) is 0. The van der Waals surface area contributed by atoms with Gasteiger partial charge in [0.25, 0.3) is 0 Å². The van der Waals surface area contributed by atoms with Gasteiger partial charge in [-0.05, 0) is 109 Å². The first-order valence-electron chi connectivity index (χ1n) is 32.2. The molecule has 0 aliphatic carbocycles. The maximum Gasteiger partial charge on any atom is 0.306 e. The first-order valence-corrected chi connectivity index (χ1v) is 32.2. The molecule has 458 valence electrons. The van der Waals surface area contributed by atoms with Crippen LogP contribution >= 0.6 is 0 Å². The summed E-state index contributed by atoms with van der Waals surface area (Å²) in [4.78, 5) is 26.6. The molecule has 1 aliphatic heterocycles. The fourth-order valence-corrected chi connectivity index (χ4v) is 9.33. The highest BCUT2D eigenvalue weighted by Gasteiger charge is 2.47. The van der Waals surface area contributed by atoms with Gasteiger partial charge in [0.15, 0.2) is 12.4 Å². The second kappa shape index (κ2) is 55.8. The van der Waals surface area contributed by atoms with Crippen molar-refractivity contribution in [3.63, 3.8) is 0 Å². The Labute approximate surface area is 488 Å². The fourth-order valence-electron chi connectivity index (χ4n) is 9.33. The highest BCUT2D eigenvalue weighted by atomic mass is 16.7. The van der Waals surface area contributed by atoms with Crippen LogP contribution in [-0.2, 0) is 23.8 Å². The number of rotatable bonds is 53. The highest BCUT2D eigenvalue weighted by molar-refractivity contribution is 5.80. The molecule has 11 heteroatoms. The van der Waals surface area contributed by atoms with E-state index >= 15 is 0 Å². The molecular weight excluding hydrogens is 1000 g/mol. The number of carbonyl (C=O) groups excluding carboxylic acids is 2. The number of carbonyl (C=O) groups is 2. The van der Waals surface area contributed by atoms with Crippen molar-refractivity contribution in [1.29, 1.82) is 0 Å². The monoisotopic (exact) mass is 1120 g/mol. The van der Waals surface area contributed by atoms with Crippen molar-refractivity contribution in [2.24, 2.45) is 0 Å². The summed E-state index contributed by atoms with van der Waals surface area (Å²) in [5.74, 6) is -1.25. The van der Waals surface area contributed by atoms with Gasteiger partial charge < -0.3 is 45.1 Å². The van der Waals surface area contributed by atoms with Gasteiger partial charge in [-0.25, -0.2) is 0 Å². The fraction of sp³-hybridized carbons (Fsp3) is 0.710. The average Bonchev–Trinajstić information content (AvgIpc) is 3.45. The van der Waals surface area contributed by atoms with E-state index in [1.165, 1.54) is 96.3 Å². The Morgan fingerprint density at radius 2 is 0.900 bits per heavy atom. The Morgan fingerprint density at radius 3 is 1.38 bits per heavy atom. The molecule has 1 aliphatic rings. The Morgan fingerprint density at radius 1 is 0.500 bits per heavy atom. The van der Waals surface area contributed by atoms with E-state index in [0.29, 0.717) is 12.8 Å². The maximum atomic E-state index is 13.4. The minimum absolute atomic E-state index is 0.0626. The summed E-state index contributed by atoms with van der Waals surface area (Å²) >= 11 is 0. The lowest BCUT2D eigenvalue weighted by Gasteiger charge is -2.41. The van der Waals surface area contributed by atoms with E-state index < -0.39 is 67.4 Å². The van der Waals surface area contributed by atoms with E-state index in [1.807, 2.05) is 6.08 Å². The third-order valence-corrected chi connectivity index (χ3v) is 14.4. The molecule has 80 heavy (non-hydrogen) atoms. The van der Waals surface area contributed by atoms with Crippen LogP contribution in [0.4, 0.5) is 0 Å². The Kier molecular flexibility index (Phi) is 51.9. The van der Waals surface area contributed by atoms with Crippen molar-refractivity contribution in [3.8, 4) is 0 Å². The number of amides is 1. The van der Waals surface area contributed by atoms with Crippen molar-refractivity contribution in [3.05, 3.63) is 109 Å². The zero-order valence-electron chi connectivity index (χ0n) is 50.7. The minimum atomic E-state index is -1.64. The first-order chi connectivity index (χ1) is 39.2. The number of esters is 1. The van der Waals surface area contributed by atoms with Crippen LogP contribution in [0.3, 0.4) is 0 Å². The van der Waals surface area contributed by atoms with Gasteiger partial charge in [0.2, 0.25) is 5.91 Å². The molecule has 0 aromatic carbocycles. The van der Waals surface area contributed by atoms with E-state index in [0.717, 1.165) is 109 Å². The summed E-state index contributed by atoms with van der Waals surface area (Å²) in [5, 5.41) is 57.0. The molecule has 1 amide bonds. The topological polar surface area (TPSA) is 175 Å². The number of nitrogens with one attached hydrogen (secondary N) is 1. The SMILES string of the molecule is CC/C=C\C/C=C\C/C=C\C/C=C\C/C=C\C/C=C\CCCCC(=O)OC1C(OCC(NC(=O)C(O)CCCCCCCCCC/C=C\C/C=C\CCCCC)C(O)/C=C/CCCCCCCCCCCC)OC(CO)C(O)C1O. The Bertz CT molecular complexity index is 1710. The molecule has 8 unspecified atom stereocenters. The van der Waals surface area contributed by atoms with Crippen molar-refractivity contribution >= 4 is 11.9 Å². The van der Waals surface area contributed by atoms with Crippen LogP contribution in [0, 0.1) is 0 Å². The third-order valence-electron chi connectivity index (χ3n) is 14.4. The average molecular weight is 1120 g/mol. The van der Waals surface area contributed by atoms with Gasteiger partial charge in [0.05, 0.1) is 25.4 Å². The molecule has 0 saturated carbocycles. The lowest BCUT2D eigenvalue weighted by atomic mass is 9.99. The van der Waals surface area contributed by atoms with Crippen molar-refractivity contribution in [2.45, 2.75) is 301 Å². The van der Waals surface area contributed by atoms with Gasteiger partial charge in [0, 0.05) is 6.42 Å². The molecule has 1 saturated heterocycles. The lowest BCUT2D eigenvalue weighted by molar-refractivity contribution is -0.305. The molecule has 1 rings (SSSR count). The zero-order chi connectivity index (χ0) is 58.2. The third kappa shape index (κ3) is 43.1. The van der Waals surface area contributed by atoms with Gasteiger partial charge in [-0.1, -0.05) is 246 Å². The standard InChI is InChI=1S/C69H117NO10/c1-4-7-10-13-16-19-22-25-27-29-31-32-33-35-37-39-42-45-48-51-54-57-64(74)80-67-66(76)65(75)63(58-71)79-69(67)78-59-60(61(72)55-52-49-46-43-40-24-21-18-15-12-9-6-3)70-68(77)62(73)56-53-50-47-44-41-38-36-34-30-28-26-23-20-17-14-11-8-5-2/h7,10,16-17,19-20,25-28,31-32,35,37,42,45,52,55,60-63,65-67,69,71-73,75-76H,4-6,8-9,11-15,18,21-24,29-30,33-34,36,38-41,43-44,46-51,53-54,56-59H2,1-3H3,(H,70,77)/b10-7-,19-16-,20-17-,27-25-,28-26-,32-31-,37-35-,45-42-,55-52+. The largest absolute Gasteiger partial charge is 0.454 e. The number of allylic oxidation sites excluding steroid dienone is 17. The number of hydrogen-bond acceptors (Lipinski definition) is 10. The normalized spacial score (nSPS) is 19.5. The molecule has 0 radical (unpaired) electrons. The molecule has 11 nitrogen and oxygen atoms in total. The Hall–Kier alpha value is -3.68. The van der Waals surface area contributed by atoms with Gasteiger partial charge >= 0.3 is 5.97 Å². The Balaban J connectivity index is 2.70. The first kappa shape index (κ1) is 74.3. The molecule has 6 N–H and O–H groups in total. The van der Waals surface area contributed by atoms with Crippen LogP contribution in [0.1, 0.15) is 252 Å². The second-order valence-corrected chi connectivity index (χ2v) is 21.8. The van der Waals surface area contributed by atoms with Gasteiger partial charge in [-0.2, -0.15) is 0 Å². The van der Waals surface area contributed by atoms with Crippen LogP contribution in [0.5, 0.6) is 0 Å². The van der Waals surface area contributed by atoms with Gasteiger partial charge in [0.1, 0.15) is 24.4 Å². The summed E-state index contributed by atoms with van der Waals surface area (Å²) in [6.45, 7) is 5.62. The van der Waals surface area contributed by atoms with Crippen LogP contribution in [0.25, 0.3) is 0 Å². The smallest absolute Gasteiger partial charge is 0.306 e. The molecule has 0 bridgehead atoms. The van der Waals surface area contributed by atoms with Crippen LogP contribution in [0.2, 0.25) is 0 Å². The molecular formula is C69H117NO10. The van der Waals surface area contributed by atoms with Crippen LogP contribution < -0.4 is 5.32 Å². The number of ether oxygens (including phenoxy) is 3. The summed E-state index contributed by atoms with van der Waals surface area (Å²) in [6, 6.07) is -1.04. The number of aliphatic hydroxyl groups excluding tert-OH is 5. The molecule has 8 atom stereocenters. The number of unbranched alkanes of at least 4 members (excludes halogenated alkanes) is 23. The predicted molar refractivity (Wildman–Crippen MR) is 333 cm³/mol. The quantitative estimate of drug-likeness (QED) is 0.0195. The summed E-state index contributed by atoms with van der Waals surface area (Å²) in [5.41, 5.74) is 0. The van der Waals surface area contributed by atoms with E-state index in [1.54, 1.807) is 6.08 Å².